The number of rotatable bonds is 7. The van der Waals surface area contributed by atoms with E-state index in [1.165, 1.54) is 6.21 Å². The van der Waals surface area contributed by atoms with Crippen LogP contribution >= 0.6 is 11.6 Å². The lowest BCUT2D eigenvalue weighted by atomic mass is 10.1. The Bertz CT molecular complexity index is 1120. The zero-order valence-electron chi connectivity index (χ0n) is 16.5. The predicted molar refractivity (Wildman–Crippen MR) is 122 cm³/mol. The van der Waals surface area contributed by atoms with Crippen molar-refractivity contribution >= 4 is 23.7 Å². The third-order valence-corrected chi connectivity index (χ3v) is 4.70. The smallest absolute Gasteiger partial charge is 0.277 e. The number of halogens is 1. The van der Waals surface area contributed by atoms with Gasteiger partial charge in [-0.25, -0.2) is 5.43 Å². The highest BCUT2D eigenvalue weighted by Crippen LogP contribution is 2.36. The fourth-order valence-electron chi connectivity index (χ4n) is 2.96. The molecule has 0 aliphatic carbocycles. The first-order valence-corrected chi connectivity index (χ1v) is 9.98. The molecular weight excluding hydrogens is 412 g/mol. The molecule has 0 radical (unpaired) electrons. The Labute approximate surface area is 184 Å². The van der Waals surface area contributed by atoms with Gasteiger partial charge in [-0.15, -0.1) is 0 Å². The molecule has 0 unspecified atom stereocenters. The number of nitrogens with one attached hydrogen (secondary N) is 2. The number of ether oxygens (including phenoxy) is 1. The summed E-state index contributed by atoms with van der Waals surface area (Å²) in [5.74, 6) is 0.124. The molecule has 0 spiro atoms. The molecule has 2 N–H and O–H groups in total. The highest BCUT2D eigenvalue weighted by Gasteiger charge is 2.18. The van der Waals surface area contributed by atoms with Gasteiger partial charge >= 0.3 is 0 Å². The monoisotopic (exact) mass is 430 g/mol. The molecule has 31 heavy (non-hydrogen) atoms. The molecule has 1 heterocycles. The number of carbonyl (C=O) groups is 1. The van der Waals surface area contributed by atoms with E-state index in [0.717, 1.165) is 16.7 Å². The molecule has 0 fully saturated rings. The van der Waals surface area contributed by atoms with Crippen molar-refractivity contribution in [2.24, 2.45) is 5.10 Å². The number of hydrogen-bond donors (Lipinski definition) is 2. The molecule has 7 heteroatoms. The van der Waals surface area contributed by atoms with E-state index in [0.29, 0.717) is 22.2 Å². The van der Waals surface area contributed by atoms with E-state index in [1.807, 2.05) is 60.7 Å². The second-order valence-corrected chi connectivity index (χ2v) is 7.08. The minimum atomic E-state index is -0.385. The maximum atomic E-state index is 12.3. The molecule has 1 amide bonds. The number of aromatic amines is 1. The molecule has 0 bridgehead atoms. The van der Waals surface area contributed by atoms with Gasteiger partial charge in [0.1, 0.15) is 11.4 Å². The molecular formula is C24H19ClN4O2. The lowest BCUT2D eigenvalue weighted by molar-refractivity contribution is -0.123. The second-order valence-electron chi connectivity index (χ2n) is 6.64. The van der Waals surface area contributed by atoms with Crippen molar-refractivity contribution in [1.82, 2.24) is 15.6 Å². The average Bonchev–Trinajstić information content (AvgIpc) is 3.24. The summed E-state index contributed by atoms with van der Waals surface area (Å²) >= 11 is 5.86. The fraction of sp³-hybridized carbons (Fsp3) is 0.0417. The average molecular weight is 431 g/mol. The summed E-state index contributed by atoms with van der Waals surface area (Å²) in [5, 5.41) is 12.1. The number of H-pyrrole nitrogens is 1. The summed E-state index contributed by atoms with van der Waals surface area (Å²) in [7, 11) is 0. The van der Waals surface area contributed by atoms with Gasteiger partial charge in [0.2, 0.25) is 0 Å². The van der Waals surface area contributed by atoms with Gasteiger partial charge in [0.05, 0.1) is 6.21 Å². The molecule has 0 aliphatic rings. The van der Waals surface area contributed by atoms with Gasteiger partial charge in [-0.05, 0) is 17.7 Å². The van der Waals surface area contributed by atoms with Crippen LogP contribution in [0.3, 0.4) is 0 Å². The van der Waals surface area contributed by atoms with Gasteiger partial charge < -0.3 is 4.74 Å². The minimum absolute atomic E-state index is 0.211. The van der Waals surface area contributed by atoms with Gasteiger partial charge in [-0.1, -0.05) is 84.4 Å². The standard InChI is InChI=1S/C24H19ClN4O2/c25-20-13-11-17(12-14-20)15-26-27-21(30)16-31-24-22(18-7-3-1-4-8-18)28-29-23(24)19-9-5-2-6-10-19/h1-15H,16H2,(H,27,30)(H,28,29)/b26-15+. The van der Waals surface area contributed by atoms with E-state index < -0.39 is 0 Å². The Morgan fingerprint density at radius 1 is 0.968 bits per heavy atom. The van der Waals surface area contributed by atoms with E-state index >= 15 is 0 Å². The molecule has 3 aromatic carbocycles. The Balaban J connectivity index is 1.49. The Kier molecular flexibility index (Phi) is 6.40. The second kappa shape index (κ2) is 9.73. The van der Waals surface area contributed by atoms with Gasteiger partial charge in [0.25, 0.3) is 5.91 Å². The Hall–Kier alpha value is -3.90. The zero-order valence-corrected chi connectivity index (χ0v) is 17.2. The van der Waals surface area contributed by atoms with E-state index in [2.05, 4.69) is 20.7 Å². The number of nitrogens with zero attached hydrogens (tertiary/aromatic N) is 2. The van der Waals surface area contributed by atoms with E-state index in [9.17, 15) is 4.79 Å². The summed E-state index contributed by atoms with van der Waals surface area (Å²) in [4.78, 5) is 12.3. The van der Waals surface area contributed by atoms with Crippen molar-refractivity contribution in [3.8, 4) is 28.3 Å². The molecule has 154 valence electrons. The van der Waals surface area contributed by atoms with Crippen LogP contribution in [-0.4, -0.2) is 28.9 Å². The van der Waals surface area contributed by atoms with Crippen LogP contribution in [0.5, 0.6) is 5.75 Å². The van der Waals surface area contributed by atoms with Gasteiger partial charge in [-0.3, -0.25) is 9.89 Å². The summed E-state index contributed by atoms with van der Waals surface area (Å²) < 4.78 is 5.90. The van der Waals surface area contributed by atoms with E-state index in [1.54, 1.807) is 24.3 Å². The molecule has 4 rings (SSSR count). The molecule has 1 aromatic heterocycles. The van der Waals surface area contributed by atoms with Crippen LogP contribution < -0.4 is 10.2 Å². The van der Waals surface area contributed by atoms with Crippen molar-refractivity contribution in [1.29, 1.82) is 0 Å². The summed E-state index contributed by atoms with van der Waals surface area (Å²) in [6.45, 7) is -0.211. The van der Waals surface area contributed by atoms with Gasteiger partial charge in [0, 0.05) is 16.1 Å². The first-order valence-electron chi connectivity index (χ1n) is 9.60. The highest BCUT2D eigenvalue weighted by molar-refractivity contribution is 6.30. The van der Waals surface area contributed by atoms with E-state index in [-0.39, 0.29) is 12.5 Å². The van der Waals surface area contributed by atoms with Gasteiger partial charge in [-0.2, -0.15) is 10.2 Å². The first kappa shape index (κ1) is 20.4. The van der Waals surface area contributed by atoms with Crippen LogP contribution in [0.1, 0.15) is 5.56 Å². The summed E-state index contributed by atoms with van der Waals surface area (Å²) in [5.41, 5.74) is 6.42. The topological polar surface area (TPSA) is 79.4 Å². The Morgan fingerprint density at radius 3 is 2.29 bits per heavy atom. The molecule has 0 saturated carbocycles. The zero-order chi connectivity index (χ0) is 21.5. The normalized spacial score (nSPS) is 10.9. The molecule has 4 aromatic rings. The Morgan fingerprint density at radius 2 is 1.61 bits per heavy atom. The summed E-state index contributed by atoms with van der Waals surface area (Å²) in [6, 6.07) is 26.5. The fourth-order valence-corrected chi connectivity index (χ4v) is 3.09. The van der Waals surface area contributed by atoms with Crippen molar-refractivity contribution < 1.29 is 9.53 Å². The molecule has 6 nitrogen and oxygen atoms in total. The number of benzene rings is 3. The number of hydrazone groups is 1. The minimum Gasteiger partial charge on any atom is -0.479 e. The number of amides is 1. The lowest BCUT2D eigenvalue weighted by Gasteiger charge is -2.08. The largest absolute Gasteiger partial charge is 0.479 e. The molecule has 0 saturated heterocycles. The number of carbonyl (C=O) groups excluding carboxylic acids is 1. The highest BCUT2D eigenvalue weighted by atomic mass is 35.5. The molecule has 0 atom stereocenters. The number of aromatic nitrogens is 2. The van der Waals surface area contributed by atoms with Crippen LogP contribution in [0.15, 0.2) is 90.0 Å². The van der Waals surface area contributed by atoms with Crippen LogP contribution in [0.4, 0.5) is 0 Å². The van der Waals surface area contributed by atoms with Crippen LogP contribution in [0.2, 0.25) is 5.02 Å². The quantitative estimate of drug-likeness (QED) is 0.322. The van der Waals surface area contributed by atoms with Crippen molar-refractivity contribution in [2.45, 2.75) is 0 Å². The van der Waals surface area contributed by atoms with Crippen LogP contribution in [0, 0.1) is 0 Å². The van der Waals surface area contributed by atoms with Gasteiger partial charge in [0.15, 0.2) is 12.4 Å². The third kappa shape index (κ3) is 5.18. The third-order valence-electron chi connectivity index (χ3n) is 4.45. The maximum Gasteiger partial charge on any atom is 0.277 e. The van der Waals surface area contributed by atoms with Crippen molar-refractivity contribution in [2.75, 3.05) is 6.61 Å². The van der Waals surface area contributed by atoms with Crippen molar-refractivity contribution in [3.05, 3.63) is 95.5 Å². The SMILES string of the molecule is O=C(COc1c(-c2ccccc2)n[nH]c1-c1ccccc1)N/N=C/c1ccc(Cl)cc1. The van der Waals surface area contributed by atoms with E-state index in [4.69, 9.17) is 16.3 Å². The van der Waals surface area contributed by atoms with Crippen molar-refractivity contribution in [3.63, 3.8) is 0 Å². The predicted octanol–water partition coefficient (Wildman–Crippen LogP) is 4.93. The van der Waals surface area contributed by atoms with Crippen LogP contribution in [-0.2, 0) is 4.79 Å². The lowest BCUT2D eigenvalue weighted by Crippen LogP contribution is -2.24. The van der Waals surface area contributed by atoms with Crippen LogP contribution in [0.25, 0.3) is 22.5 Å². The first-order chi connectivity index (χ1) is 15.2. The number of hydrogen-bond acceptors (Lipinski definition) is 4. The molecule has 0 aliphatic heterocycles. The summed E-state index contributed by atoms with van der Waals surface area (Å²) in [6.07, 6.45) is 1.54. The maximum absolute atomic E-state index is 12.3.